The molecule has 1 aliphatic carbocycles. The van der Waals surface area contributed by atoms with Crippen LogP contribution in [-0.2, 0) is 0 Å². The summed E-state index contributed by atoms with van der Waals surface area (Å²) in [4.78, 5) is 0. The van der Waals surface area contributed by atoms with Crippen molar-refractivity contribution in [2.24, 2.45) is 0 Å². The minimum Gasteiger partial charge on any atom is -0.392 e. The Kier molecular flexibility index (Phi) is 2.60. The lowest BCUT2D eigenvalue weighted by Crippen LogP contribution is -2.12. The Balaban J connectivity index is 2.34. The number of hydrogen-bond donors (Lipinski definition) is 1. The quantitative estimate of drug-likeness (QED) is 0.722. The molecule has 2 atom stereocenters. The number of hydrogen-bond acceptors (Lipinski definition) is 1. The lowest BCUT2D eigenvalue weighted by molar-refractivity contribution is 0.163. The second-order valence-corrected chi connectivity index (χ2v) is 4.46. The highest BCUT2D eigenvalue weighted by molar-refractivity contribution is 5.34. The lowest BCUT2D eigenvalue weighted by atomic mass is 9.91. The molecule has 1 aromatic carbocycles. The number of aliphatic hydroxyl groups excluding tert-OH is 1. The Labute approximate surface area is 85.8 Å². The van der Waals surface area contributed by atoms with Gasteiger partial charge in [-0.15, -0.1) is 0 Å². The van der Waals surface area contributed by atoms with Gasteiger partial charge in [0.05, 0.1) is 6.10 Å². The van der Waals surface area contributed by atoms with Crippen LogP contribution in [0.5, 0.6) is 0 Å². The molecule has 0 unspecified atom stereocenters. The summed E-state index contributed by atoms with van der Waals surface area (Å²) in [5, 5.41) is 9.86. The molecular formula is C13H18O. The normalized spacial score (nSPS) is 26.8. The van der Waals surface area contributed by atoms with Crippen molar-refractivity contribution in [3.8, 4) is 0 Å². The fourth-order valence-electron chi connectivity index (χ4n) is 2.46. The molecule has 0 radical (unpaired) electrons. The maximum absolute atomic E-state index is 9.86. The van der Waals surface area contributed by atoms with Crippen LogP contribution in [0.4, 0.5) is 0 Å². The van der Waals surface area contributed by atoms with Crippen LogP contribution >= 0.6 is 0 Å². The van der Waals surface area contributed by atoms with Crippen molar-refractivity contribution >= 4 is 0 Å². The molecule has 0 aliphatic heterocycles. The van der Waals surface area contributed by atoms with Crippen molar-refractivity contribution in [2.75, 3.05) is 0 Å². The molecule has 2 rings (SSSR count). The molecule has 1 saturated carbocycles. The van der Waals surface area contributed by atoms with Crippen LogP contribution in [0.25, 0.3) is 0 Å². The van der Waals surface area contributed by atoms with E-state index in [0.717, 1.165) is 12.8 Å². The van der Waals surface area contributed by atoms with Gasteiger partial charge in [-0.25, -0.2) is 0 Å². The minimum atomic E-state index is -0.115. The summed E-state index contributed by atoms with van der Waals surface area (Å²) in [6, 6.07) is 6.53. The van der Waals surface area contributed by atoms with Crippen LogP contribution in [0.1, 0.15) is 41.9 Å². The second-order valence-electron chi connectivity index (χ2n) is 4.46. The Bertz CT molecular complexity index is 330. The van der Waals surface area contributed by atoms with Gasteiger partial charge in [-0.3, -0.25) is 0 Å². The van der Waals surface area contributed by atoms with E-state index in [0.29, 0.717) is 5.92 Å². The maximum atomic E-state index is 9.86. The highest BCUT2D eigenvalue weighted by Gasteiger charge is 2.27. The van der Waals surface area contributed by atoms with E-state index in [1.54, 1.807) is 0 Å². The number of rotatable bonds is 1. The zero-order chi connectivity index (χ0) is 10.1. The molecule has 1 aliphatic rings. The molecule has 0 heterocycles. The zero-order valence-electron chi connectivity index (χ0n) is 8.96. The Morgan fingerprint density at radius 3 is 2.64 bits per heavy atom. The van der Waals surface area contributed by atoms with Crippen molar-refractivity contribution in [3.63, 3.8) is 0 Å². The van der Waals surface area contributed by atoms with Gasteiger partial charge in [-0.2, -0.15) is 0 Å². The van der Waals surface area contributed by atoms with E-state index in [1.807, 2.05) is 0 Å². The fourth-order valence-corrected chi connectivity index (χ4v) is 2.46. The predicted molar refractivity (Wildman–Crippen MR) is 58.5 cm³/mol. The molecule has 1 aromatic rings. The van der Waals surface area contributed by atoms with Gasteiger partial charge in [0.15, 0.2) is 0 Å². The summed E-state index contributed by atoms with van der Waals surface area (Å²) in [5.41, 5.74) is 3.97. The standard InChI is InChI=1S/C13H18O/c1-9-6-7-10(2)12(8-9)11-4-3-5-13(11)14/h6-8,11,13-14H,3-5H2,1-2H3/t11-,13+/m1/s1. The highest BCUT2D eigenvalue weighted by atomic mass is 16.3. The van der Waals surface area contributed by atoms with Crippen LogP contribution in [0, 0.1) is 13.8 Å². The van der Waals surface area contributed by atoms with Gasteiger partial charge >= 0.3 is 0 Å². The van der Waals surface area contributed by atoms with Crippen LogP contribution < -0.4 is 0 Å². The predicted octanol–water partition coefficient (Wildman–Crippen LogP) is 2.93. The molecule has 1 N–H and O–H groups in total. The topological polar surface area (TPSA) is 20.2 Å². The third kappa shape index (κ3) is 1.69. The average Bonchev–Trinajstić information content (AvgIpc) is 2.56. The molecule has 0 spiro atoms. The molecule has 0 bridgehead atoms. The monoisotopic (exact) mass is 190 g/mol. The van der Waals surface area contributed by atoms with E-state index in [9.17, 15) is 5.11 Å². The summed E-state index contributed by atoms with van der Waals surface area (Å²) in [5.74, 6) is 0.384. The smallest absolute Gasteiger partial charge is 0.0608 e. The molecule has 1 heteroatoms. The first-order valence-corrected chi connectivity index (χ1v) is 5.43. The Hall–Kier alpha value is -0.820. The van der Waals surface area contributed by atoms with Gasteiger partial charge in [-0.1, -0.05) is 30.2 Å². The molecule has 14 heavy (non-hydrogen) atoms. The second kappa shape index (κ2) is 3.74. The van der Waals surface area contributed by atoms with Gasteiger partial charge in [0.1, 0.15) is 0 Å². The summed E-state index contributed by atoms with van der Waals surface area (Å²) in [7, 11) is 0. The molecule has 1 nitrogen and oxygen atoms in total. The zero-order valence-corrected chi connectivity index (χ0v) is 8.96. The van der Waals surface area contributed by atoms with E-state index in [2.05, 4.69) is 32.0 Å². The van der Waals surface area contributed by atoms with E-state index >= 15 is 0 Å². The number of benzene rings is 1. The largest absolute Gasteiger partial charge is 0.392 e. The first-order valence-electron chi connectivity index (χ1n) is 5.43. The number of aliphatic hydroxyl groups is 1. The van der Waals surface area contributed by atoms with Crippen molar-refractivity contribution in [2.45, 2.75) is 45.1 Å². The van der Waals surface area contributed by atoms with Gasteiger partial charge in [0, 0.05) is 5.92 Å². The average molecular weight is 190 g/mol. The third-order valence-electron chi connectivity index (χ3n) is 3.31. The molecule has 0 amide bonds. The molecule has 0 aromatic heterocycles. The SMILES string of the molecule is Cc1ccc(C)c([C@H]2CCC[C@@H]2O)c1. The lowest BCUT2D eigenvalue weighted by Gasteiger charge is -2.17. The molecule has 0 saturated heterocycles. The van der Waals surface area contributed by atoms with E-state index in [-0.39, 0.29) is 6.10 Å². The molecule has 76 valence electrons. The van der Waals surface area contributed by atoms with E-state index in [4.69, 9.17) is 0 Å². The summed E-state index contributed by atoms with van der Waals surface area (Å²) >= 11 is 0. The molecule has 1 fully saturated rings. The van der Waals surface area contributed by atoms with E-state index < -0.39 is 0 Å². The summed E-state index contributed by atoms with van der Waals surface area (Å²) < 4.78 is 0. The van der Waals surface area contributed by atoms with Crippen LogP contribution in [0.2, 0.25) is 0 Å². The van der Waals surface area contributed by atoms with Crippen molar-refractivity contribution < 1.29 is 5.11 Å². The van der Waals surface area contributed by atoms with Gasteiger partial charge in [0.25, 0.3) is 0 Å². The maximum Gasteiger partial charge on any atom is 0.0608 e. The van der Waals surface area contributed by atoms with Crippen LogP contribution in [0.3, 0.4) is 0 Å². The van der Waals surface area contributed by atoms with Crippen molar-refractivity contribution in [1.82, 2.24) is 0 Å². The fraction of sp³-hybridized carbons (Fsp3) is 0.538. The Morgan fingerprint density at radius 1 is 1.21 bits per heavy atom. The first kappa shape index (κ1) is 9.72. The third-order valence-corrected chi connectivity index (χ3v) is 3.31. The number of aryl methyl sites for hydroxylation is 2. The molecular weight excluding hydrogens is 172 g/mol. The van der Waals surface area contributed by atoms with Crippen LogP contribution in [-0.4, -0.2) is 11.2 Å². The van der Waals surface area contributed by atoms with E-state index in [1.165, 1.54) is 23.1 Å². The Morgan fingerprint density at radius 2 is 2.00 bits per heavy atom. The van der Waals surface area contributed by atoms with Gasteiger partial charge < -0.3 is 5.11 Å². The highest BCUT2D eigenvalue weighted by Crippen LogP contribution is 2.36. The van der Waals surface area contributed by atoms with Crippen molar-refractivity contribution in [3.05, 3.63) is 34.9 Å². The summed E-state index contributed by atoms with van der Waals surface area (Å²) in [6.07, 6.45) is 3.17. The van der Waals surface area contributed by atoms with Crippen molar-refractivity contribution in [1.29, 1.82) is 0 Å². The first-order chi connectivity index (χ1) is 6.68. The van der Waals surface area contributed by atoms with Crippen LogP contribution in [0.15, 0.2) is 18.2 Å². The van der Waals surface area contributed by atoms with Gasteiger partial charge in [0.2, 0.25) is 0 Å². The minimum absolute atomic E-state index is 0.115. The van der Waals surface area contributed by atoms with Gasteiger partial charge in [-0.05, 0) is 37.8 Å². The summed E-state index contributed by atoms with van der Waals surface area (Å²) in [6.45, 7) is 4.25.